The lowest BCUT2D eigenvalue weighted by molar-refractivity contribution is -0.136. The average molecular weight is 250 g/mol. The van der Waals surface area contributed by atoms with Gasteiger partial charge in [-0.15, -0.1) is 0 Å². The van der Waals surface area contributed by atoms with Crippen molar-refractivity contribution in [2.45, 2.75) is 6.42 Å². The number of rotatable bonds is 7. The smallest absolute Gasteiger partial charge is 0.305 e. The predicted octanol–water partition coefficient (Wildman–Crippen LogP) is 1.000. The maximum atomic E-state index is 11.6. The van der Waals surface area contributed by atoms with Gasteiger partial charge in [0.2, 0.25) is 0 Å². The fourth-order valence-electron chi connectivity index (χ4n) is 1.56. The van der Waals surface area contributed by atoms with E-state index in [1.54, 1.807) is 19.2 Å². The molecule has 0 amide bonds. The number of aliphatic carboxylic acids is 1. The van der Waals surface area contributed by atoms with E-state index in [-0.39, 0.29) is 12.2 Å². The molecule has 2 N–H and O–H groups in total. The number of likely N-dealkylation sites (N-methyl/N-ethyl adjacent to an activating group) is 1. The molecule has 0 saturated heterocycles. The molecule has 0 saturated carbocycles. The Morgan fingerprint density at radius 3 is 2.39 bits per heavy atom. The van der Waals surface area contributed by atoms with E-state index in [2.05, 4.69) is 5.32 Å². The summed E-state index contributed by atoms with van der Waals surface area (Å²) in [6.07, 6.45) is 0.0942. The van der Waals surface area contributed by atoms with E-state index in [1.807, 2.05) is 24.1 Å². The van der Waals surface area contributed by atoms with E-state index in [0.29, 0.717) is 18.7 Å². The van der Waals surface area contributed by atoms with Crippen molar-refractivity contribution in [3.05, 3.63) is 29.8 Å². The molecule has 0 aliphatic rings. The summed E-state index contributed by atoms with van der Waals surface area (Å²) in [5.74, 6) is -0.778. The molecule has 0 aliphatic heterocycles. The zero-order valence-corrected chi connectivity index (χ0v) is 10.6. The highest BCUT2D eigenvalue weighted by molar-refractivity contribution is 5.97. The first-order valence-electron chi connectivity index (χ1n) is 5.75. The summed E-state index contributed by atoms with van der Waals surface area (Å²) in [6, 6.07) is 7.16. The van der Waals surface area contributed by atoms with Crippen molar-refractivity contribution in [2.75, 3.05) is 32.1 Å². The number of carboxylic acid groups (broad SMARTS) is 1. The second kappa shape index (κ2) is 6.76. The van der Waals surface area contributed by atoms with Gasteiger partial charge in [-0.1, -0.05) is 0 Å². The van der Waals surface area contributed by atoms with Crippen LogP contribution in [-0.2, 0) is 4.79 Å². The second-order valence-corrected chi connectivity index (χ2v) is 4.07. The molecule has 98 valence electrons. The van der Waals surface area contributed by atoms with Crippen molar-refractivity contribution in [1.82, 2.24) is 5.32 Å². The molecule has 1 aromatic rings. The maximum absolute atomic E-state index is 11.6. The largest absolute Gasteiger partial charge is 0.481 e. The quantitative estimate of drug-likeness (QED) is 0.706. The fourth-order valence-corrected chi connectivity index (χ4v) is 1.56. The van der Waals surface area contributed by atoms with Crippen LogP contribution in [0.15, 0.2) is 24.3 Å². The lowest BCUT2D eigenvalue weighted by atomic mass is 10.1. The Labute approximate surface area is 106 Å². The number of carboxylic acids is 1. The van der Waals surface area contributed by atoms with Crippen molar-refractivity contribution in [3.63, 3.8) is 0 Å². The van der Waals surface area contributed by atoms with Crippen LogP contribution >= 0.6 is 0 Å². The molecule has 0 heterocycles. The van der Waals surface area contributed by atoms with Gasteiger partial charge in [-0.05, 0) is 31.3 Å². The molecular weight excluding hydrogens is 232 g/mol. The third kappa shape index (κ3) is 4.18. The van der Waals surface area contributed by atoms with Crippen LogP contribution in [0.3, 0.4) is 0 Å². The van der Waals surface area contributed by atoms with E-state index in [1.165, 1.54) is 0 Å². The Kier molecular flexibility index (Phi) is 5.32. The number of ketones is 1. The predicted molar refractivity (Wildman–Crippen MR) is 70.2 cm³/mol. The minimum absolute atomic E-state index is 0.0391. The molecule has 1 aromatic carbocycles. The van der Waals surface area contributed by atoms with Crippen molar-refractivity contribution >= 4 is 17.4 Å². The summed E-state index contributed by atoms with van der Waals surface area (Å²) in [6.45, 7) is 0.757. The van der Waals surface area contributed by atoms with E-state index in [0.717, 1.165) is 5.69 Å². The summed E-state index contributed by atoms with van der Waals surface area (Å²) < 4.78 is 0. The molecule has 0 atom stereocenters. The molecule has 0 aromatic heterocycles. The molecule has 5 heteroatoms. The lowest BCUT2D eigenvalue weighted by Gasteiger charge is -2.18. The molecule has 0 radical (unpaired) electrons. The van der Waals surface area contributed by atoms with Crippen LogP contribution in [0, 0.1) is 0 Å². The second-order valence-electron chi connectivity index (χ2n) is 4.07. The van der Waals surface area contributed by atoms with Gasteiger partial charge >= 0.3 is 5.97 Å². The normalized spacial score (nSPS) is 10.1. The van der Waals surface area contributed by atoms with Gasteiger partial charge in [-0.2, -0.15) is 0 Å². The first-order chi connectivity index (χ1) is 8.54. The molecular formula is C13H18N2O3. The minimum atomic E-state index is -0.817. The number of carbonyl (C=O) groups is 2. The summed E-state index contributed by atoms with van der Waals surface area (Å²) in [4.78, 5) is 23.9. The summed E-state index contributed by atoms with van der Waals surface area (Å²) in [5.41, 5.74) is 1.55. The molecule has 0 bridgehead atoms. The highest BCUT2D eigenvalue weighted by Crippen LogP contribution is 2.14. The number of hydrogen-bond donors (Lipinski definition) is 2. The van der Waals surface area contributed by atoms with Gasteiger partial charge in [-0.25, -0.2) is 0 Å². The van der Waals surface area contributed by atoms with E-state index in [4.69, 9.17) is 5.11 Å². The third-order valence-corrected chi connectivity index (χ3v) is 2.63. The van der Waals surface area contributed by atoms with Crippen LogP contribution in [-0.4, -0.2) is 44.0 Å². The monoisotopic (exact) mass is 250 g/mol. The number of benzene rings is 1. The molecule has 0 spiro atoms. The van der Waals surface area contributed by atoms with Gasteiger partial charge in [0.25, 0.3) is 0 Å². The number of nitrogens with one attached hydrogen (secondary N) is 1. The molecule has 5 nitrogen and oxygen atoms in total. The van der Waals surface area contributed by atoms with Crippen molar-refractivity contribution in [2.24, 2.45) is 0 Å². The fraction of sp³-hybridized carbons (Fsp3) is 0.385. The van der Waals surface area contributed by atoms with Crippen LogP contribution < -0.4 is 10.2 Å². The number of nitrogens with zero attached hydrogens (tertiary/aromatic N) is 1. The van der Waals surface area contributed by atoms with Gasteiger partial charge in [0.1, 0.15) is 0 Å². The maximum Gasteiger partial charge on any atom is 0.305 e. The zero-order valence-electron chi connectivity index (χ0n) is 10.6. The highest BCUT2D eigenvalue weighted by atomic mass is 16.4. The SMILES string of the molecule is CNCC(=O)c1ccc(N(C)CCC(=O)O)cc1. The highest BCUT2D eigenvalue weighted by Gasteiger charge is 2.07. The number of Topliss-reactive ketones (excluding diaryl/α,β-unsaturated/α-hetero) is 1. The molecule has 1 rings (SSSR count). The van der Waals surface area contributed by atoms with Gasteiger partial charge in [-0.3, -0.25) is 9.59 Å². The Bertz CT molecular complexity index is 415. The molecule has 0 unspecified atom stereocenters. The third-order valence-electron chi connectivity index (χ3n) is 2.63. The molecule has 0 aliphatic carbocycles. The van der Waals surface area contributed by atoms with Crippen LogP contribution in [0.1, 0.15) is 16.8 Å². The lowest BCUT2D eigenvalue weighted by Crippen LogP contribution is -2.21. The minimum Gasteiger partial charge on any atom is -0.481 e. The Morgan fingerprint density at radius 1 is 1.28 bits per heavy atom. The number of anilines is 1. The summed E-state index contributed by atoms with van der Waals surface area (Å²) in [5, 5.41) is 11.4. The topological polar surface area (TPSA) is 69.6 Å². The summed E-state index contributed by atoms with van der Waals surface area (Å²) in [7, 11) is 3.55. The van der Waals surface area contributed by atoms with Crippen LogP contribution in [0.2, 0.25) is 0 Å². The standard InChI is InChI=1S/C13H18N2O3/c1-14-9-12(16)10-3-5-11(6-4-10)15(2)8-7-13(17)18/h3-6,14H,7-9H2,1-2H3,(H,17,18). The van der Waals surface area contributed by atoms with Gasteiger partial charge in [0, 0.05) is 24.8 Å². The van der Waals surface area contributed by atoms with Gasteiger partial charge < -0.3 is 15.3 Å². The van der Waals surface area contributed by atoms with E-state index >= 15 is 0 Å². The molecule has 18 heavy (non-hydrogen) atoms. The first kappa shape index (κ1) is 14.2. The van der Waals surface area contributed by atoms with Crippen LogP contribution in [0.25, 0.3) is 0 Å². The van der Waals surface area contributed by atoms with Crippen LogP contribution in [0.4, 0.5) is 5.69 Å². The van der Waals surface area contributed by atoms with Gasteiger partial charge in [0.05, 0.1) is 13.0 Å². The Morgan fingerprint density at radius 2 is 1.89 bits per heavy atom. The Hall–Kier alpha value is -1.88. The van der Waals surface area contributed by atoms with Crippen molar-refractivity contribution in [3.8, 4) is 0 Å². The van der Waals surface area contributed by atoms with Crippen molar-refractivity contribution < 1.29 is 14.7 Å². The number of hydrogen-bond acceptors (Lipinski definition) is 4. The molecule has 0 fully saturated rings. The Balaban J connectivity index is 2.64. The zero-order chi connectivity index (χ0) is 13.5. The van der Waals surface area contributed by atoms with E-state index < -0.39 is 5.97 Å². The van der Waals surface area contributed by atoms with Gasteiger partial charge in [0.15, 0.2) is 5.78 Å². The number of carbonyl (C=O) groups excluding carboxylic acids is 1. The van der Waals surface area contributed by atoms with Crippen molar-refractivity contribution in [1.29, 1.82) is 0 Å². The average Bonchev–Trinajstić information content (AvgIpc) is 2.36. The first-order valence-corrected chi connectivity index (χ1v) is 5.75. The summed E-state index contributed by atoms with van der Waals surface area (Å²) >= 11 is 0. The van der Waals surface area contributed by atoms with Crippen LogP contribution in [0.5, 0.6) is 0 Å². The van der Waals surface area contributed by atoms with E-state index in [9.17, 15) is 9.59 Å².